The standard InChI is InChI=1S/C16H21N7O3S/c1-10-12-7-11(8-17-15(12)22(2)19-10)27(24,25)21-13-5-4-6-23-16(13)18-14(20-23)9-26-3/h7-8,13,21H,4-6,9H2,1-3H3/t13-/m0/s1. The molecule has 27 heavy (non-hydrogen) atoms. The molecule has 1 N–H and O–H groups in total. The van der Waals surface area contributed by atoms with Crippen LogP contribution in [-0.2, 0) is 35.0 Å². The topological polar surface area (TPSA) is 117 Å². The van der Waals surface area contributed by atoms with Gasteiger partial charge in [-0.15, -0.1) is 0 Å². The van der Waals surface area contributed by atoms with Gasteiger partial charge in [-0.1, -0.05) is 0 Å². The van der Waals surface area contributed by atoms with Crippen molar-refractivity contribution in [3.05, 3.63) is 29.6 Å². The zero-order valence-electron chi connectivity index (χ0n) is 15.4. The van der Waals surface area contributed by atoms with Crippen molar-refractivity contribution in [3.63, 3.8) is 0 Å². The van der Waals surface area contributed by atoms with Crippen LogP contribution in [0, 0.1) is 6.92 Å². The van der Waals surface area contributed by atoms with E-state index in [-0.39, 0.29) is 4.90 Å². The van der Waals surface area contributed by atoms with Crippen LogP contribution in [0.4, 0.5) is 0 Å². The van der Waals surface area contributed by atoms with Crippen LogP contribution >= 0.6 is 0 Å². The largest absolute Gasteiger partial charge is 0.377 e. The molecular formula is C16H21N7O3S. The number of methoxy groups -OCH3 is 1. The van der Waals surface area contributed by atoms with E-state index in [0.717, 1.165) is 17.5 Å². The van der Waals surface area contributed by atoms with Crippen LogP contribution in [0.1, 0.15) is 36.2 Å². The molecule has 0 spiro atoms. The highest BCUT2D eigenvalue weighted by molar-refractivity contribution is 7.89. The Labute approximate surface area is 156 Å². The molecule has 0 aliphatic carbocycles. The number of ether oxygens (including phenoxy) is 1. The minimum Gasteiger partial charge on any atom is -0.377 e. The molecule has 0 bridgehead atoms. The Hall–Kier alpha value is -2.37. The number of nitrogens with one attached hydrogen (secondary N) is 1. The van der Waals surface area contributed by atoms with Gasteiger partial charge in [0, 0.05) is 32.3 Å². The Bertz CT molecular complexity index is 1100. The summed E-state index contributed by atoms with van der Waals surface area (Å²) >= 11 is 0. The number of pyridine rings is 1. The molecular weight excluding hydrogens is 370 g/mol. The molecule has 0 saturated heterocycles. The lowest BCUT2D eigenvalue weighted by atomic mass is 10.1. The van der Waals surface area contributed by atoms with E-state index in [9.17, 15) is 8.42 Å². The Morgan fingerprint density at radius 3 is 2.96 bits per heavy atom. The molecule has 3 aromatic rings. The Morgan fingerprint density at radius 2 is 2.19 bits per heavy atom. The number of rotatable bonds is 5. The summed E-state index contributed by atoms with van der Waals surface area (Å²) in [5.74, 6) is 1.16. The lowest BCUT2D eigenvalue weighted by Gasteiger charge is -2.22. The van der Waals surface area contributed by atoms with Crippen molar-refractivity contribution in [2.45, 2.75) is 43.9 Å². The maximum absolute atomic E-state index is 12.9. The molecule has 3 aromatic heterocycles. The molecule has 0 aromatic carbocycles. The number of hydrogen-bond acceptors (Lipinski definition) is 7. The number of nitrogens with zero attached hydrogens (tertiary/aromatic N) is 6. The minimum atomic E-state index is -3.77. The Kier molecular flexibility index (Phi) is 4.44. The normalized spacial score (nSPS) is 17.4. The molecule has 144 valence electrons. The van der Waals surface area contributed by atoms with Gasteiger partial charge in [0.25, 0.3) is 0 Å². The van der Waals surface area contributed by atoms with Gasteiger partial charge in [-0.05, 0) is 25.8 Å². The summed E-state index contributed by atoms with van der Waals surface area (Å²) in [6, 6.07) is 1.17. The summed E-state index contributed by atoms with van der Waals surface area (Å²) in [6.45, 7) is 2.84. The molecule has 4 heterocycles. The highest BCUT2D eigenvalue weighted by atomic mass is 32.2. The number of aryl methyl sites for hydroxylation is 3. The van der Waals surface area contributed by atoms with E-state index in [4.69, 9.17) is 4.74 Å². The molecule has 0 saturated carbocycles. The van der Waals surface area contributed by atoms with Gasteiger partial charge in [-0.2, -0.15) is 10.2 Å². The first-order valence-electron chi connectivity index (χ1n) is 8.63. The van der Waals surface area contributed by atoms with E-state index >= 15 is 0 Å². The molecule has 1 aliphatic rings. The predicted octanol–water partition coefficient (Wildman–Crippen LogP) is 0.828. The monoisotopic (exact) mass is 391 g/mol. The van der Waals surface area contributed by atoms with E-state index < -0.39 is 16.1 Å². The highest BCUT2D eigenvalue weighted by Crippen LogP contribution is 2.26. The van der Waals surface area contributed by atoms with Crippen LogP contribution in [0.25, 0.3) is 11.0 Å². The number of fused-ring (bicyclic) bond motifs is 2. The maximum Gasteiger partial charge on any atom is 0.242 e. The summed E-state index contributed by atoms with van der Waals surface area (Å²) in [7, 11) is -0.414. The van der Waals surface area contributed by atoms with Crippen LogP contribution in [-0.4, -0.2) is 45.1 Å². The molecule has 0 radical (unpaired) electrons. The van der Waals surface area contributed by atoms with Gasteiger partial charge in [-0.3, -0.25) is 4.68 Å². The van der Waals surface area contributed by atoms with Crippen LogP contribution in [0.5, 0.6) is 0 Å². The van der Waals surface area contributed by atoms with Crippen LogP contribution in [0.3, 0.4) is 0 Å². The zero-order chi connectivity index (χ0) is 19.2. The average molecular weight is 391 g/mol. The van der Waals surface area contributed by atoms with Crippen molar-refractivity contribution >= 4 is 21.1 Å². The van der Waals surface area contributed by atoms with Crippen LogP contribution < -0.4 is 4.72 Å². The Balaban J connectivity index is 1.65. The summed E-state index contributed by atoms with van der Waals surface area (Å²) in [4.78, 5) is 8.81. The zero-order valence-corrected chi connectivity index (χ0v) is 16.2. The Morgan fingerprint density at radius 1 is 1.37 bits per heavy atom. The van der Waals surface area contributed by atoms with Crippen molar-refractivity contribution in [1.29, 1.82) is 0 Å². The minimum absolute atomic E-state index is 0.111. The van der Waals surface area contributed by atoms with Gasteiger partial charge in [0.15, 0.2) is 11.5 Å². The number of hydrogen-bond donors (Lipinski definition) is 1. The van der Waals surface area contributed by atoms with Gasteiger partial charge >= 0.3 is 0 Å². The number of aromatic nitrogens is 6. The van der Waals surface area contributed by atoms with Crippen molar-refractivity contribution in [3.8, 4) is 0 Å². The van der Waals surface area contributed by atoms with Crippen molar-refractivity contribution in [2.75, 3.05) is 7.11 Å². The number of sulfonamides is 1. The van der Waals surface area contributed by atoms with Gasteiger partial charge in [0.1, 0.15) is 17.3 Å². The lowest BCUT2D eigenvalue weighted by Crippen LogP contribution is -2.33. The van der Waals surface area contributed by atoms with Gasteiger partial charge in [0.2, 0.25) is 10.0 Å². The SMILES string of the molecule is COCc1nc2n(n1)CCC[C@@H]2NS(=O)(=O)c1cnc2c(c1)c(C)nn2C. The molecule has 0 amide bonds. The first-order valence-corrected chi connectivity index (χ1v) is 10.1. The second kappa shape index (κ2) is 6.66. The average Bonchev–Trinajstić information content (AvgIpc) is 3.16. The third kappa shape index (κ3) is 3.22. The van der Waals surface area contributed by atoms with E-state index in [1.165, 1.54) is 6.20 Å². The summed E-state index contributed by atoms with van der Waals surface area (Å²) in [6.07, 6.45) is 2.83. The molecule has 1 atom stereocenters. The van der Waals surface area contributed by atoms with Crippen molar-refractivity contribution in [1.82, 2.24) is 34.3 Å². The predicted molar refractivity (Wildman–Crippen MR) is 96.3 cm³/mol. The molecule has 0 fully saturated rings. The maximum atomic E-state index is 12.9. The molecule has 0 unspecified atom stereocenters. The molecule has 1 aliphatic heterocycles. The quantitative estimate of drug-likeness (QED) is 0.684. The van der Waals surface area contributed by atoms with Gasteiger partial charge in [-0.25, -0.2) is 27.8 Å². The van der Waals surface area contributed by atoms with Gasteiger partial charge in [0.05, 0.1) is 11.7 Å². The fraction of sp³-hybridized carbons (Fsp3) is 0.500. The second-order valence-corrected chi connectivity index (χ2v) is 8.32. The lowest BCUT2D eigenvalue weighted by molar-refractivity contribution is 0.177. The first-order chi connectivity index (χ1) is 12.9. The van der Waals surface area contributed by atoms with Crippen LogP contribution in [0.15, 0.2) is 17.2 Å². The highest BCUT2D eigenvalue weighted by Gasteiger charge is 2.29. The van der Waals surface area contributed by atoms with E-state index in [0.29, 0.717) is 36.9 Å². The van der Waals surface area contributed by atoms with Crippen molar-refractivity contribution < 1.29 is 13.2 Å². The third-order valence-corrected chi connectivity index (χ3v) is 6.08. The van der Waals surface area contributed by atoms with Gasteiger partial charge < -0.3 is 4.74 Å². The first kappa shape index (κ1) is 18.0. The van der Waals surface area contributed by atoms with E-state index in [1.54, 1.807) is 29.6 Å². The summed E-state index contributed by atoms with van der Waals surface area (Å²) < 4.78 is 37.1. The second-order valence-electron chi connectivity index (χ2n) is 6.61. The fourth-order valence-corrected chi connectivity index (χ4v) is 4.59. The van der Waals surface area contributed by atoms with E-state index in [2.05, 4.69) is 24.9 Å². The molecule has 4 rings (SSSR count). The third-order valence-electron chi connectivity index (χ3n) is 4.64. The van der Waals surface area contributed by atoms with Crippen molar-refractivity contribution in [2.24, 2.45) is 7.05 Å². The fourth-order valence-electron chi connectivity index (χ4n) is 3.39. The van der Waals surface area contributed by atoms with Crippen LogP contribution in [0.2, 0.25) is 0 Å². The smallest absolute Gasteiger partial charge is 0.242 e. The molecule has 11 heteroatoms. The summed E-state index contributed by atoms with van der Waals surface area (Å²) in [5.41, 5.74) is 1.38. The summed E-state index contributed by atoms with van der Waals surface area (Å²) in [5, 5.41) is 9.37. The molecule has 10 nitrogen and oxygen atoms in total. The van der Waals surface area contributed by atoms with E-state index in [1.807, 2.05) is 6.92 Å².